The molecule has 2 saturated heterocycles. The van der Waals surface area contributed by atoms with E-state index in [4.69, 9.17) is 5.26 Å². The minimum absolute atomic E-state index is 0.305. The number of aliphatic hydroxyl groups excluding tert-OH is 1. The number of nitrogens with zero attached hydrogens (tertiary/aromatic N) is 5. The second-order valence-electron chi connectivity index (χ2n) is 5.16. The monoisotopic (exact) mass is 315 g/mol. The maximum atomic E-state index is 12.5. The SMILES string of the molecule is N#Cc1ccc(N2C(=O)[C@@H]3C(O)CCN3C2=O)c2nsnc12. The first kappa shape index (κ1) is 13.1. The van der Waals surface area contributed by atoms with Crippen molar-refractivity contribution in [2.45, 2.75) is 18.6 Å². The predicted octanol–water partition coefficient (Wildman–Crippen LogP) is 0.465. The number of aromatic nitrogens is 2. The number of hydrogen-bond donors (Lipinski definition) is 1. The summed E-state index contributed by atoms with van der Waals surface area (Å²) >= 11 is 0.916. The smallest absolute Gasteiger partial charge is 0.332 e. The second-order valence-corrected chi connectivity index (χ2v) is 5.68. The maximum absolute atomic E-state index is 12.5. The van der Waals surface area contributed by atoms with E-state index in [1.165, 1.54) is 17.0 Å². The Morgan fingerprint density at radius 3 is 2.82 bits per heavy atom. The predicted molar refractivity (Wildman–Crippen MR) is 76.1 cm³/mol. The number of benzene rings is 1. The van der Waals surface area contributed by atoms with Crippen molar-refractivity contribution >= 4 is 40.4 Å². The highest BCUT2D eigenvalue weighted by Gasteiger charge is 2.53. The fourth-order valence-corrected chi connectivity index (χ4v) is 3.56. The van der Waals surface area contributed by atoms with Crippen molar-refractivity contribution in [3.8, 4) is 6.07 Å². The topological polar surface area (TPSA) is 110 Å². The summed E-state index contributed by atoms with van der Waals surface area (Å²) < 4.78 is 8.16. The molecule has 3 amide bonds. The third-order valence-electron chi connectivity index (χ3n) is 4.03. The molecule has 3 heterocycles. The Labute approximate surface area is 128 Å². The minimum Gasteiger partial charge on any atom is -0.390 e. The summed E-state index contributed by atoms with van der Waals surface area (Å²) in [6.07, 6.45) is -0.444. The Morgan fingerprint density at radius 2 is 2.09 bits per heavy atom. The number of aliphatic hydroxyl groups is 1. The maximum Gasteiger partial charge on any atom is 0.332 e. The van der Waals surface area contributed by atoms with Gasteiger partial charge in [0.15, 0.2) is 0 Å². The first-order chi connectivity index (χ1) is 10.6. The highest BCUT2D eigenvalue weighted by molar-refractivity contribution is 7.00. The van der Waals surface area contributed by atoms with Gasteiger partial charge >= 0.3 is 6.03 Å². The molecule has 8 nitrogen and oxygen atoms in total. The Kier molecular flexibility index (Phi) is 2.66. The largest absolute Gasteiger partial charge is 0.390 e. The molecular weight excluding hydrogens is 306 g/mol. The molecule has 2 atom stereocenters. The van der Waals surface area contributed by atoms with Crippen LogP contribution in [-0.4, -0.2) is 49.4 Å². The van der Waals surface area contributed by atoms with E-state index in [9.17, 15) is 14.7 Å². The van der Waals surface area contributed by atoms with E-state index in [1.54, 1.807) is 0 Å². The molecule has 0 spiro atoms. The van der Waals surface area contributed by atoms with Gasteiger partial charge < -0.3 is 10.0 Å². The minimum atomic E-state index is -0.844. The lowest BCUT2D eigenvalue weighted by Gasteiger charge is -2.15. The van der Waals surface area contributed by atoms with Crippen molar-refractivity contribution in [1.29, 1.82) is 5.26 Å². The van der Waals surface area contributed by atoms with Gasteiger partial charge in [-0.15, -0.1) is 0 Å². The molecule has 22 heavy (non-hydrogen) atoms. The van der Waals surface area contributed by atoms with Gasteiger partial charge in [0.05, 0.1) is 29.1 Å². The molecule has 2 fully saturated rings. The number of amides is 3. The number of nitriles is 1. The molecule has 110 valence electrons. The average Bonchev–Trinajstić information content (AvgIpc) is 3.18. The molecule has 2 aliphatic rings. The molecule has 1 aromatic carbocycles. The fourth-order valence-electron chi connectivity index (χ4n) is 2.99. The van der Waals surface area contributed by atoms with Gasteiger partial charge in [-0.05, 0) is 18.6 Å². The zero-order valence-corrected chi connectivity index (χ0v) is 11.9. The summed E-state index contributed by atoms with van der Waals surface area (Å²) in [5, 5.41) is 19.0. The van der Waals surface area contributed by atoms with Gasteiger partial charge in [0, 0.05) is 6.54 Å². The molecule has 1 aromatic heterocycles. The lowest BCUT2D eigenvalue weighted by atomic mass is 10.1. The van der Waals surface area contributed by atoms with E-state index in [1.807, 2.05) is 6.07 Å². The molecule has 0 saturated carbocycles. The van der Waals surface area contributed by atoms with Crippen LogP contribution in [0.1, 0.15) is 12.0 Å². The van der Waals surface area contributed by atoms with Crippen LogP contribution in [0.25, 0.3) is 11.0 Å². The van der Waals surface area contributed by atoms with Gasteiger partial charge in [-0.25, -0.2) is 9.69 Å². The number of rotatable bonds is 1. The van der Waals surface area contributed by atoms with Crippen LogP contribution in [0.5, 0.6) is 0 Å². The molecule has 1 N–H and O–H groups in total. The molecular formula is C13H9N5O3S. The van der Waals surface area contributed by atoms with E-state index in [0.717, 1.165) is 16.6 Å². The van der Waals surface area contributed by atoms with Crippen LogP contribution >= 0.6 is 11.7 Å². The van der Waals surface area contributed by atoms with Gasteiger partial charge in [0.2, 0.25) is 0 Å². The average molecular weight is 315 g/mol. The van der Waals surface area contributed by atoms with Gasteiger partial charge in [0.1, 0.15) is 23.1 Å². The van der Waals surface area contributed by atoms with Crippen molar-refractivity contribution in [3.05, 3.63) is 17.7 Å². The van der Waals surface area contributed by atoms with Gasteiger partial charge in [-0.2, -0.15) is 14.0 Å². The van der Waals surface area contributed by atoms with Crippen LogP contribution in [-0.2, 0) is 4.79 Å². The number of carbonyl (C=O) groups excluding carboxylic acids is 2. The van der Waals surface area contributed by atoms with Crippen molar-refractivity contribution in [2.75, 3.05) is 11.4 Å². The fraction of sp³-hybridized carbons (Fsp3) is 0.308. The highest BCUT2D eigenvalue weighted by Crippen LogP contribution is 2.35. The van der Waals surface area contributed by atoms with Crippen LogP contribution in [0.4, 0.5) is 10.5 Å². The number of hydrogen-bond acceptors (Lipinski definition) is 7. The normalized spacial score (nSPS) is 24.2. The number of anilines is 1. The Bertz CT molecular complexity index is 857. The van der Waals surface area contributed by atoms with E-state index in [2.05, 4.69) is 8.75 Å². The first-order valence-corrected chi connectivity index (χ1v) is 7.34. The molecule has 9 heteroatoms. The molecule has 2 aromatic rings. The first-order valence-electron chi connectivity index (χ1n) is 6.61. The lowest BCUT2D eigenvalue weighted by Crippen LogP contribution is -2.36. The zero-order chi connectivity index (χ0) is 15.4. The van der Waals surface area contributed by atoms with Crippen LogP contribution in [0.15, 0.2) is 12.1 Å². The van der Waals surface area contributed by atoms with E-state index < -0.39 is 24.1 Å². The van der Waals surface area contributed by atoms with Crippen molar-refractivity contribution in [3.63, 3.8) is 0 Å². The molecule has 0 aliphatic carbocycles. The van der Waals surface area contributed by atoms with Crippen LogP contribution < -0.4 is 4.90 Å². The highest BCUT2D eigenvalue weighted by atomic mass is 32.1. The number of imide groups is 1. The van der Waals surface area contributed by atoms with E-state index in [-0.39, 0.29) is 0 Å². The molecule has 2 aliphatic heterocycles. The van der Waals surface area contributed by atoms with Crippen LogP contribution in [0.3, 0.4) is 0 Å². The Hall–Kier alpha value is -2.57. The second kappa shape index (κ2) is 4.46. The number of urea groups is 1. The van der Waals surface area contributed by atoms with E-state index in [0.29, 0.717) is 35.2 Å². The molecule has 0 radical (unpaired) electrons. The summed E-state index contributed by atoms with van der Waals surface area (Å²) in [5.74, 6) is -0.464. The van der Waals surface area contributed by atoms with Crippen molar-refractivity contribution in [2.24, 2.45) is 0 Å². The molecule has 0 bridgehead atoms. The Balaban J connectivity index is 1.87. The Morgan fingerprint density at radius 1 is 1.32 bits per heavy atom. The van der Waals surface area contributed by atoms with Gasteiger partial charge in [0.25, 0.3) is 5.91 Å². The number of fused-ring (bicyclic) bond motifs is 2. The summed E-state index contributed by atoms with van der Waals surface area (Å²) in [6, 6.07) is 3.75. The van der Waals surface area contributed by atoms with E-state index >= 15 is 0 Å². The molecule has 4 rings (SSSR count). The summed E-state index contributed by atoms with van der Waals surface area (Å²) in [4.78, 5) is 27.4. The lowest BCUT2D eigenvalue weighted by molar-refractivity contribution is -0.121. The van der Waals surface area contributed by atoms with Crippen molar-refractivity contribution < 1.29 is 14.7 Å². The summed E-state index contributed by atoms with van der Waals surface area (Å²) in [6.45, 7) is 0.349. The third-order valence-corrected chi connectivity index (χ3v) is 4.56. The van der Waals surface area contributed by atoms with Crippen molar-refractivity contribution in [1.82, 2.24) is 13.6 Å². The molecule has 1 unspecified atom stereocenters. The third kappa shape index (κ3) is 1.53. The quantitative estimate of drug-likeness (QED) is 0.766. The summed E-state index contributed by atoms with van der Waals surface area (Å²) in [5.41, 5.74) is 1.37. The summed E-state index contributed by atoms with van der Waals surface area (Å²) in [7, 11) is 0. The van der Waals surface area contributed by atoms with Crippen LogP contribution in [0.2, 0.25) is 0 Å². The van der Waals surface area contributed by atoms with Gasteiger partial charge in [-0.1, -0.05) is 0 Å². The standard InChI is InChI=1S/C13H9N5O3S/c14-5-6-1-2-7(10-9(6)15-22-16-10)18-12(20)11-8(19)3-4-17(11)13(18)21/h1-2,8,11,19H,3-4H2/t8?,11-/m0/s1. The zero-order valence-electron chi connectivity index (χ0n) is 11.1. The van der Waals surface area contributed by atoms with Crippen LogP contribution in [0, 0.1) is 11.3 Å². The number of carbonyl (C=O) groups is 2. The van der Waals surface area contributed by atoms with Gasteiger partial charge in [-0.3, -0.25) is 4.79 Å².